The summed E-state index contributed by atoms with van der Waals surface area (Å²) in [5.41, 5.74) is 3.16. The third-order valence-electron chi connectivity index (χ3n) is 4.58. The molecule has 3 rings (SSSR count). The molecule has 2 aromatic carbocycles. The Morgan fingerprint density at radius 3 is 2.67 bits per heavy atom. The summed E-state index contributed by atoms with van der Waals surface area (Å²) in [6.45, 7) is 2.19. The van der Waals surface area contributed by atoms with E-state index in [2.05, 4.69) is 18.8 Å². The van der Waals surface area contributed by atoms with Gasteiger partial charge in [-0.05, 0) is 66.6 Å². The van der Waals surface area contributed by atoms with Crippen molar-refractivity contribution in [2.24, 2.45) is 5.92 Å². The minimum absolute atomic E-state index is 0.0575. The van der Waals surface area contributed by atoms with Crippen LogP contribution in [0.4, 0.5) is 8.78 Å². The molecule has 24 heavy (non-hydrogen) atoms. The number of benzene rings is 2. The molecular formula is C21H19ClF2. The van der Waals surface area contributed by atoms with Crippen LogP contribution in [0.25, 0.3) is 0 Å². The normalized spacial score (nSPS) is 16.2. The van der Waals surface area contributed by atoms with E-state index >= 15 is 0 Å². The van der Waals surface area contributed by atoms with Gasteiger partial charge in [0.25, 0.3) is 0 Å². The summed E-state index contributed by atoms with van der Waals surface area (Å²) in [7, 11) is 0. The van der Waals surface area contributed by atoms with Crippen LogP contribution in [0.5, 0.6) is 0 Å². The zero-order chi connectivity index (χ0) is 17.1. The minimum Gasteiger partial charge on any atom is -0.206 e. The molecular weight excluding hydrogens is 326 g/mol. The van der Waals surface area contributed by atoms with E-state index < -0.39 is 5.82 Å². The van der Waals surface area contributed by atoms with Crippen molar-refractivity contribution in [3.8, 4) is 11.8 Å². The Morgan fingerprint density at radius 2 is 1.92 bits per heavy atom. The number of halogens is 3. The minimum atomic E-state index is -0.517. The molecule has 0 heterocycles. The quantitative estimate of drug-likeness (QED) is 0.593. The summed E-state index contributed by atoms with van der Waals surface area (Å²) in [5, 5.41) is 0.0575. The molecule has 0 saturated carbocycles. The highest BCUT2D eigenvalue weighted by molar-refractivity contribution is 6.30. The third-order valence-corrected chi connectivity index (χ3v) is 4.88. The molecule has 0 bridgehead atoms. The number of fused-ring (bicyclic) bond motifs is 1. The molecule has 1 aliphatic carbocycles. The van der Waals surface area contributed by atoms with Gasteiger partial charge >= 0.3 is 0 Å². The maximum absolute atomic E-state index is 14.3. The van der Waals surface area contributed by atoms with Gasteiger partial charge < -0.3 is 0 Å². The largest absolute Gasteiger partial charge is 0.206 e. The Morgan fingerprint density at radius 1 is 1.08 bits per heavy atom. The lowest BCUT2D eigenvalue weighted by Crippen LogP contribution is -2.14. The van der Waals surface area contributed by atoms with Crippen LogP contribution in [-0.4, -0.2) is 0 Å². The first-order chi connectivity index (χ1) is 11.6. The summed E-state index contributed by atoms with van der Waals surface area (Å²) >= 11 is 5.65. The monoisotopic (exact) mass is 344 g/mol. The number of aryl methyl sites for hydroxylation is 1. The van der Waals surface area contributed by atoms with E-state index in [1.54, 1.807) is 12.1 Å². The van der Waals surface area contributed by atoms with Gasteiger partial charge in [0.15, 0.2) is 0 Å². The summed E-state index contributed by atoms with van der Waals surface area (Å²) < 4.78 is 27.8. The summed E-state index contributed by atoms with van der Waals surface area (Å²) in [6, 6.07) is 7.83. The van der Waals surface area contributed by atoms with Crippen molar-refractivity contribution in [2.45, 2.75) is 39.0 Å². The highest BCUT2D eigenvalue weighted by atomic mass is 35.5. The molecule has 0 fully saturated rings. The van der Waals surface area contributed by atoms with E-state index in [4.69, 9.17) is 11.6 Å². The van der Waals surface area contributed by atoms with Crippen molar-refractivity contribution in [1.29, 1.82) is 0 Å². The highest BCUT2D eigenvalue weighted by Crippen LogP contribution is 2.30. The zero-order valence-corrected chi connectivity index (χ0v) is 14.4. The zero-order valence-electron chi connectivity index (χ0n) is 13.6. The molecule has 3 heteroatoms. The SMILES string of the molecule is CCCC1CCc2cc(C#Cc3ccc(Cl)c(F)c3)c(F)cc2C1. The maximum atomic E-state index is 14.3. The fraction of sp³-hybridized carbons (Fsp3) is 0.333. The van der Waals surface area contributed by atoms with E-state index in [9.17, 15) is 8.78 Å². The average Bonchev–Trinajstić information content (AvgIpc) is 2.56. The second-order valence-corrected chi connectivity index (χ2v) is 6.78. The molecule has 1 aliphatic rings. The van der Waals surface area contributed by atoms with Gasteiger partial charge in [0.1, 0.15) is 11.6 Å². The molecule has 2 aromatic rings. The topological polar surface area (TPSA) is 0 Å². The van der Waals surface area contributed by atoms with Crippen LogP contribution in [0.1, 0.15) is 48.4 Å². The van der Waals surface area contributed by atoms with Gasteiger partial charge in [-0.25, -0.2) is 8.78 Å². The molecule has 1 atom stereocenters. The molecule has 0 amide bonds. The molecule has 0 N–H and O–H groups in total. The second-order valence-electron chi connectivity index (χ2n) is 6.38. The van der Waals surface area contributed by atoms with E-state index in [0.29, 0.717) is 17.0 Å². The molecule has 0 aromatic heterocycles. The fourth-order valence-corrected chi connectivity index (χ4v) is 3.44. The van der Waals surface area contributed by atoms with Gasteiger partial charge in [0.2, 0.25) is 0 Å². The van der Waals surface area contributed by atoms with Crippen molar-refractivity contribution < 1.29 is 8.78 Å². The lowest BCUT2D eigenvalue weighted by atomic mass is 9.81. The average molecular weight is 345 g/mol. The first kappa shape index (κ1) is 17.0. The van der Waals surface area contributed by atoms with Gasteiger partial charge in [-0.2, -0.15) is 0 Å². The predicted octanol–water partition coefficient (Wildman–Crippen LogP) is 5.92. The van der Waals surface area contributed by atoms with Crippen molar-refractivity contribution in [1.82, 2.24) is 0 Å². The standard InChI is InChI=1S/C21H19ClF2/c1-2-3-14-4-7-16-12-17(20(23)13-18(16)10-14)8-5-15-6-9-19(22)21(24)11-15/h6,9,11-14H,2-4,7,10H2,1H3. The lowest BCUT2D eigenvalue weighted by molar-refractivity contribution is 0.421. The first-order valence-corrected chi connectivity index (χ1v) is 8.73. The van der Waals surface area contributed by atoms with E-state index in [1.807, 2.05) is 6.07 Å². The van der Waals surface area contributed by atoms with Crippen molar-refractivity contribution in [2.75, 3.05) is 0 Å². The van der Waals surface area contributed by atoms with Crippen LogP contribution in [0.3, 0.4) is 0 Å². The van der Waals surface area contributed by atoms with E-state index in [-0.39, 0.29) is 10.8 Å². The molecule has 124 valence electrons. The Balaban J connectivity index is 1.86. The van der Waals surface area contributed by atoms with Crippen molar-refractivity contribution in [3.05, 3.63) is 69.2 Å². The van der Waals surface area contributed by atoms with Crippen LogP contribution in [0, 0.1) is 29.4 Å². The number of hydrogen-bond acceptors (Lipinski definition) is 0. The molecule has 0 saturated heterocycles. The van der Waals surface area contributed by atoms with Crippen LogP contribution in [0.2, 0.25) is 5.02 Å². The van der Waals surface area contributed by atoms with Gasteiger partial charge in [0.05, 0.1) is 10.6 Å². The van der Waals surface area contributed by atoms with Crippen LogP contribution < -0.4 is 0 Å². The maximum Gasteiger partial charge on any atom is 0.143 e. The summed E-state index contributed by atoms with van der Waals surface area (Å²) in [4.78, 5) is 0. The van der Waals surface area contributed by atoms with Crippen LogP contribution in [0.15, 0.2) is 30.3 Å². The first-order valence-electron chi connectivity index (χ1n) is 8.35. The molecule has 0 aliphatic heterocycles. The number of rotatable bonds is 2. The Kier molecular flexibility index (Phi) is 5.21. The van der Waals surface area contributed by atoms with Crippen LogP contribution in [-0.2, 0) is 12.8 Å². The predicted molar refractivity (Wildman–Crippen MR) is 94.2 cm³/mol. The summed E-state index contributed by atoms with van der Waals surface area (Å²) in [6.07, 6.45) is 5.46. The molecule has 0 radical (unpaired) electrons. The Hall–Kier alpha value is -1.85. The van der Waals surface area contributed by atoms with Gasteiger partial charge in [-0.1, -0.05) is 43.2 Å². The Labute approximate surface area is 146 Å². The smallest absolute Gasteiger partial charge is 0.143 e. The van der Waals surface area contributed by atoms with Crippen molar-refractivity contribution >= 4 is 11.6 Å². The third kappa shape index (κ3) is 3.79. The van der Waals surface area contributed by atoms with Gasteiger partial charge in [-0.15, -0.1) is 0 Å². The van der Waals surface area contributed by atoms with E-state index in [1.165, 1.54) is 30.5 Å². The van der Waals surface area contributed by atoms with E-state index in [0.717, 1.165) is 24.8 Å². The molecule has 0 nitrogen and oxygen atoms in total. The van der Waals surface area contributed by atoms with Crippen molar-refractivity contribution in [3.63, 3.8) is 0 Å². The fourth-order valence-electron chi connectivity index (χ4n) is 3.32. The second kappa shape index (κ2) is 7.36. The van der Waals surface area contributed by atoms with Crippen LogP contribution >= 0.6 is 11.6 Å². The van der Waals surface area contributed by atoms with Gasteiger partial charge in [0, 0.05) is 5.56 Å². The molecule has 1 unspecified atom stereocenters. The van der Waals surface area contributed by atoms with Gasteiger partial charge in [-0.3, -0.25) is 0 Å². The lowest BCUT2D eigenvalue weighted by Gasteiger charge is -2.24. The summed E-state index contributed by atoms with van der Waals surface area (Å²) in [5.74, 6) is 5.49. The number of hydrogen-bond donors (Lipinski definition) is 0. The Bertz CT molecular complexity index is 815. The highest BCUT2D eigenvalue weighted by Gasteiger charge is 2.19. The molecule has 0 spiro atoms.